The third kappa shape index (κ3) is 3.87. The van der Waals surface area contributed by atoms with Gasteiger partial charge in [0, 0.05) is 5.39 Å². The molecule has 1 aliphatic heterocycles. The third-order valence-corrected chi connectivity index (χ3v) is 7.53. The summed E-state index contributed by atoms with van der Waals surface area (Å²) in [4.78, 5) is 40.4. The molecule has 178 valence electrons. The van der Waals surface area contributed by atoms with Crippen LogP contribution in [0.4, 0.5) is 4.79 Å². The van der Waals surface area contributed by atoms with E-state index < -0.39 is 23.4 Å². The first-order valence-corrected chi connectivity index (χ1v) is 12.2. The van der Waals surface area contributed by atoms with Crippen LogP contribution in [0.2, 0.25) is 0 Å². The summed E-state index contributed by atoms with van der Waals surface area (Å²) in [7, 11) is 0. The smallest absolute Gasteiger partial charge is 0.318 e. The Kier molecular flexibility index (Phi) is 5.64. The second-order valence-electron chi connectivity index (χ2n) is 8.69. The van der Waals surface area contributed by atoms with E-state index in [4.69, 9.17) is 0 Å². The number of thiophene rings is 1. The van der Waals surface area contributed by atoms with Gasteiger partial charge in [0.05, 0.1) is 17.1 Å². The minimum atomic E-state index is -1.21. The van der Waals surface area contributed by atoms with Gasteiger partial charge in [-0.3, -0.25) is 19.7 Å². The monoisotopic (exact) mass is 487 g/mol. The highest BCUT2D eigenvalue weighted by Gasteiger charge is 2.52. The maximum atomic E-state index is 13.3. The average molecular weight is 488 g/mol. The number of rotatable bonds is 6. The molecule has 9 heteroatoms. The van der Waals surface area contributed by atoms with Crippen LogP contribution in [-0.2, 0) is 16.9 Å². The van der Waals surface area contributed by atoms with Crippen molar-refractivity contribution in [3.05, 3.63) is 87.9 Å². The first kappa shape index (κ1) is 22.8. The molecule has 4 amide bonds. The number of amides is 4. The van der Waals surface area contributed by atoms with Crippen LogP contribution in [-0.4, -0.2) is 32.6 Å². The van der Waals surface area contributed by atoms with Gasteiger partial charge in [-0.05, 0) is 37.5 Å². The van der Waals surface area contributed by atoms with Crippen LogP contribution in [0.15, 0.2) is 60.7 Å². The fourth-order valence-electron chi connectivity index (χ4n) is 4.39. The number of hydrogen-bond acceptors (Lipinski definition) is 5. The van der Waals surface area contributed by atoms with Gasteiger partial charge in [-0.2, -0.15) is 10.1 Å². The lowest BCUT2D eigenvalue weighted by atomic mass is 9.87. The Labute approximate surface area is 206 Å². The number of nitrogens with one attached hydrogen (secondary N) is 2. The molecule has 2 N–H and O–H groups in total. The second-order valence-corrected chi connectivity index (χ2v) is 9.73. The molecule has 3 heterocycles. The number of imide groups is 1. The minimum absolute atomic E-state index is 0.352. The summed E-state index contributed by atoms with van der Waals surface area (Å²) >= 11 is 1.28. The molecule has 35 heavy (non-hydrogen) atoms. The number of hydrogen-bond donors (Lipinski definition) is 2. The van der Waals surface area contributed by atoms with E-state index in [1.54, 1.807) is 18.2 Å². The summed E-state index contributed by atoms with van der Waals surface area (Å²) in [6, 6.07) is 18.4. The van der Waals surface area contributed by atoms with Crippen molar-refractivity contribution in [3.63, 3.8) is 0 Å². The van der Waals surface area contributed by atoms with Gasteiger partial charge in [0.2, 0.25) is 0 Å². The van der Waals surface area contributed by atoms with Gasteiger partial charge in [-0.25, -0.2) is 4.79 Å². The molecule has 0 radical (unpaired) electrons. The molecule has 1 fully saturated rings. The molecule has 1 atom stereocenters. The standard InChI is InChI=1S/C26H25N5O3S/c1-4-26(19-8-6-5-7-9-19)24(33)31(25(34)27-26)29-22(32)21-14-20-17(3)28-30(23(20)35-21)15-18-12-10-16(2)11-13-18/h5-14H,4,15H2,1-3H3,(H,27,34)(H,29,32). The Hall–Kier alpha value is -3.98. The van der Waals surface area contributed by atoms with Crippen molar-refractivity contribution >= 4 is 39.4 Å². The van der Waals surface area contributed by atoms with Gasteiger partial charge >= 0.3 is 6.03 Å². The van der Waals surface area contributed by atoms with E-state index >= 15 is 0 Å². The molecule has 0 spiro atoms. The zero-order valence-corrected chi connectivity index (χ0v) is 20.5. The van der Waals surface area contributed by atoms with Crippen molar-refractivity contribution in [1.82, 2.24) is 25.5 Å². The number of carbonyl (C=O) groups excluding carboxylic acids is 3. The Morgan fingerprint density at radius 1 is 1.09 bits per heavy atom. The van der Waals surface area contributed by atoms with Crippen LogP contribution in [0, 0.1) is 13.8 Å². The van der Waals surface area contributed by atoms with Crippen molar-refractivity contribution in [2.24, 2.45) is 0 Å². The van der Waals surface area contributed by atoms with E-state index in [-0.39, 0.29) is 0 Å². The maximum Gasteiger partial charge on any atom is 0.344 e. The minimum Gasteiger partial charge on any atom is -0.318 e. The first-order chi connectivity index (χ1) is 16.8. The summed E-state index contributed by atoms with van der Waals surface area (Å²) in [5, 5.41) is 9.06. The van der Waals surface area contributed by atoms with E-state index in [1.165, 1.54) is 16.9 Å². The molecular weight excluding hydrogens is 462 g/mol. The number of nitrogens with zero attached hydrogens (tertiary/aromatic N) is 3. The van der Waals surface area contributed by atoms with Crippen LogP contribution in [0.1, 0.15) is 45.4 Å². The number of carbonyl (C=O) groups is 3. The van der Waals surface area contributed by atoms with E-state index in [1.807, 2.05) is 43.7 Å². The fraction of sp³-hybridized carbons (Fsp3) is 0.231. The van der Waals surface area contributed by atoms with E-state index in [9.17, 15) is 14.4 Å². The van der Waals surface area contributed by atoms with Crippen molar-refractivity contribution in [1.29, 1.82) is 0 Å². The van der Waals surface area contributed by atoms with Crippen LogP contribution >= 0.6 is 11.3 Å². The second kappa shape index (κ2) is 8.66. The Morgan fingerprint density at radius 2 is 1.80 bits per heavy atom. The molecule has 0 aliphatic carbocycles. The molecular formula is C26H25N5O3S. The molecule has 1 unspecified atom stereocenters. The van der Waals surface area contributed by atoms with Gasteiger partial charge in [0.1, 0.15) is 10.4 Å². The number of aryl methyl sites for hydroxylation is 2. The number of aromatic nitrogens is 2. The highest BCUT2D eigenvalue weighted by Crippen LogP contribution is 2.32. The lowest BCUT2D eigenvalue weighted by Gasteiger charge is -2.25. The average Bonchev–Trinajstić information content (AvgIpc) is 3.50. The molecule has 4 aromatic rings. The van der Waals surface area contributed by atoms with Gasteiger partial charge in [0.15, 0.2) is 0 Å². The lowest BCUT2D eigenvalue weighted by molar-refractivity contribution is -0.133. The summed E-state index contributed by atoms with van der Waals surface area (Å²) in [6.45, 7) is 6.34. The number of benzene rings is 2. The molecule has 5 rings (SSSR count). The number of hydrazine groups is 1. The lowest BCUT2D eigenvalue weighted by Crippen LogP contribution is -2.48. The molecule has 2 aromatic carbocycles. The number of urea groups is 1. The third-order valence-electron chi connectivity index (χ3n) is 6.39. The molecule has 0 saturated carbocycles. The van der Waals surface area contributed by atoms with Crippen molar-refractivity contribution in [3.8, 4) is 0 Å². The zero-order valence-electron chi connectivity index (χ0n) is 19.7. The van der Waals surface area contributed by atoms with Crippen molar-refractivity contribution in [2.45, 2.75) is 39.3 Å². The zero-order chi connectivity index (χ0) is 24.7. The van der Waals surface area contributed by atoms with E-state index in [2.05, 4.69) is 40.1 Å². The van der Waals surface area contributed by atoms with Crippen molar-refractivity contribution in [2.75, 3.05) is 0 Å². The molecule has 0 bridgehead atoms. The van der Waals surface area contributed by atoms with E-state index in [0.717, 1.165) is 26.5 Å². The molecule has 1 saturated heterocycles. The normalized spacial score (nSPS) is 17.7. The van der Waals surface area contributed by atoms with Crippen LogP contribution in [0.25, 0.3) is 10.2 Å². The quantitative estimate of drug-likeness (QED) is 0.397. The van der Waals surface area contributed by atoms with Crippen molar-refractivity contribution < 1.29 is 14.4 Å². The van der Waals surface area contributed by atoms with Gasteiger partial charge < -0.3 is 5.32 Å². The van der Waals surface area contributed by atoms with Crippen LogP contribution < -0.4 is 10.7 Å². The molecule has 2 aromatic heterocycles. The molecule has 8 nitrogen and oxygen atoms in total. The van der Waals surface area contributed by atoms with E-state index in [0.29, 0.717) is 23.4 Å². The molecule has 1 aliphatic rings. The Bertz CT molecular complexity index is 1440. The van der Waals surface area contributed by atoms with Gasteiger partial charge in [0.25, 0.3) is 11.8 Å². The predicted octanol–water partition coefficient (Wildman–Crippen LogP) is 4.27. The topological polar surface area (TPSA) is 96.3 Å². The fourth-order valence-corrected chi connectivity index (χ4v) is 5.44. The maximum absolute atomic E-state index is 13.3. The van der Waals surface area contributed by atoms with Crippen LogP contribution in [0.3, 0.4) is 0 Å². The summed E-state index contributed by atoms with van der Waals surface area (Å²) in [5.41, 5.74) is 5.08. The highest BCUT2D eigenvalue weighted by molar-refractivity contribution is 7.20. The SMILES string of the molecule is CCC1(c2ccccc2)NC(=O)N(NC(=O)c2cc3c(C)nn(Cc4ccc(C)cc4)c3s2)C1=O. The van der Waals surface area contributed by atoms with Crippen LogP contribution in [0.5, 0.6) is 0 Å². The largest absolute Gasteiger partial charge is 0.344 e. The summed E-state index contributed by atoms with van der Waals surface area (Å²) in [5.74, 6) is -1.02. The Balaban J connectivity index is 1.39. The van der Waals surface area contributed by atoms with Gasteiger partial charge in [-0.1, -0.05) is 67.1 Å². The Morgan fingerprint density at radius 3 is 2.49 bits per heavy atom. The predicted molar refractivity (Wildman–Crippen MR) is 134 cm³/mol. The summed E-state index contributed by atoms with van der Waals surface area (Å²) in [6.07, 6.45) is 0.352. The number of fused-ring (bicyclic) bond motifs is 1. The van der Waals surface area contributed by atoms with Gasteiger partial charge in [-0.15, -0.1) is 11.3 Å². The summed E-state index contributed by atoms with van der Waals surface area (Å²) < 4.78 is 1.88. The first-order valence-electron chi connectivity index (χ1n) is 11.4. The highest BCUT2D eigenvalue weighted by atomic mass is 32.1.